The van der Waals surface area contributed by atoms with Crippen molar-refractivity contribution in [3.8, 4) is 5.75 Å². The van der Waals surface area contributed by atoms with Gasteiger partial charge in [-0.05, 0) is 49.8 Å². The van der Waals surface area contributed by atoms with Gasteiger partial charge in [0.2, 0.25) is 5.91 Å². The Morgan fingerprint density at radius 3 is 2.38 bits per heavy atom. The summed E-state index contributed by atoms with van der Waals surface area (Å²) in [5, 5.41) is 3.00. The number of rotatable bonds is 8. The molecule has 26 heavy (non-hydrogen) atoms. The van der Waals surface area contributed by atoms with Crippen LogP contribution >= 0.6 is 0 Å². The van der Waals surface area contributed by atoms with Crippen LogP contribution in [0.5, 0.6) is 5.75 Å². The number of likely N-dealkylation sites (N-methyl/N-ethyl adjacent to an activating group) is 1. The zero-order chi connectivity index (χ0) is 19.1. The summed E-state index contributed by atoms with van der Waals surface area (Å²) in [5.41, 5.74) is 1.66. The van der Waals surface area contributed by atoms with E-state index < -0.39 is 0 Å². The van der Waals surface area contributed by atoms with Crippen LogP contribution in [0.1, 0.15) is 24.1 Å². The Labute approximate surface area is 155 Å². The van der Waals surface area contributed by atoms with Crippen molar-refractivity contribution in [2.45, 2.75) is 19.4 Å². The Hall–Kier alpha value is -2.40. The van der Waals surface area contributed by atoms with Crippen molar-refractivity contribution >= 4 is 5.91 Å². The third-order valence-electron chi connectivity index (χ3n) is 4.53. The smallest absolute Gasteiger partial charge is 0.223 e. The van der Waals surface area contributed by atoms with E-state index in [4.69, 9.17) is 4.74 Å². The summed E-state index contributed by atoms with van der Waals surface area (Å²) in [7, 11) is 5.59. The number of methoxy groups -OCH3 is 1. The Kier molecular flexibility index (Phi) is 7.16. The molecule has 140 valence electrons. The van der Waals surface area contributed by atoms with Gasteiger partial charge in [-0.15, -0.1) is 0 Å². The summed E-state index contributed by atoms with van der Waals surface area (Å²) in [6.45, 7) is 2.31. The molecule has 0 bridgehead atoms. The molecule has 1 amide bonds. The van der Waals surface area contributed by atoms with Crippen LogP contribution in [0.3, 0.4) is 0 Å². The van der Waals surface area contributed by atoms with Crippen molar-refractivity contribution in [2.75, 3.05) is 27.7 Å². The fourth-order valence-corrected chi connectivity index (χ4v) is 2.88. The molecule has 1 N–H and O–H groups in total. The van der Waals surface area contributed by atoms with Gasteiger partial charge in [0.1, 0.15) is 11.6 Å². The third kappa shape index (κ3) is 5.30. The van der Waals surface area contributed by atoms with Gasteiger partial charge in [-0.25, -0.2) is 4.39 Å². The van der Waals surface area contributed by atoms with Gasteiger partial charge < -0.3 is 15.0 Å². The van der Waals surface area contributed by atoms with E-state index in [2.05, 4.69) is 10.2 Å². The van der Waals surface area contributed by atoms with Crippen LogP contribution in [0.15, 0.2) is 48.5 Å². The predicted octanol–water partition coefficient (Wildman–Crippen LogP) is 3.43. The molecule has 0 saturated carbocycles. The minimum Gasteiger partial charge on any atom is -0.497 e. The van der Waals surface area contributed by atoms with Crippen LogP contribution in [0.4, 0.5) is 4.39 Å². The van der Waals surface area contributed by atoms with Gasteiger partial charge in [-0.3, -0.25) is 4.79 Å². The number of halogens is 1. The minimum absolute atomic E-state index is 0.0468. The molecule has 0 spiro atoms. The highest BCUT2D eigenvalue weighted by Gasteiger charge is 2.19. The van der Waals surface area contributed by atoms with Gasteiger partial charge in [0.15, 0.2) is 0 Å². The molecule has 2 unspecified atom stereocenters. The molecular formula is C21H27FN2O2. The lowest BCUT2D eigenvalue weighted by Gasteiger charge is -2.26. The number of benzene rings is 2. The topological polar surface area (TPSA) is 41.6 Å². The largest absolute Gasteiger partial charge is 0.497 e. The Morgan fingerprint density at radius 2 is 1.81 bits per heavy atom. The van der Waals surface area contributed by atoms with Crippen molar-refractivity contribution in [1.82, 2.24) is 10.2 Å². The van der Waals surface area contributed by atoms with Crippen molar-refractivity contribution in [3.05, 3.63) is 65.5 Å². The van der Waals surface area contributed by atoms with Crippen molar-refractivity contribution in [2.24, 2.45) is 5.92 Å². The molecule has 0 aromatic heterocycles. The summed E-state index contributed by atoms with van der Waals surface area (Å²) in [6.07, 6.45) is 0.383. The zero-order valence-corrected chi connectivity index (χ0v) is 15.8. The molecular weight excluding hydrogens is 331 g/mol. The van der Waals surface area contributed by atoms with Gasteiger partial charge in [-0.2, -0.15) is 0 Å². The Bertz CT molecular complexity index is 716. The molecule has 0 heterocycles. The second kappa shape index (κ2) is 9.34. The molecule has 2 rings (SSSR count). The summed E-state index contributed by atoms with van der Waals surface area (Å²) in [6, 6.07) is 14.4. The maximum atomic E-state index is 13.8. The van der Waals surface area contributed by atoms with E-state index in [1.54, 1.807) is 25.3 Å². The zero-order valence-electron chi connectivity index (χ0n) is 15.8. The molecule has 2 aromatic rings. The standard InChI is InChI=1S/C21H27FN2O2/c1-15(13-17-7-5-6-8-19(17)22)21(25)23-14-20(24(2)3)16-9-11-18(26-4)12-10-16/h5-12,15,20H,13-14H2,1-4H3,(H,23,25). The van der Waals surface area contributed by atoms with Crippen molar-refractivity contribution in [1.29, 1.82) is 0 Å². The summed E-state index contributed by atoms with van der Waals surface area (Å²) >= 11 is 0. The Morgan fingerprint density at radius 1 is 1.15 bits per heavy atom. The van der Waals surface area contributed by atoms with E-state index in [1.165, 1.54) is 6.07 Å². The molecule has 0 fully saturated rings. The quantitative estimate of drug-likeness (QED) is 0.786. The first-order chi connectivity index (χ1) is 12.4. The van der Waals surface area contributed by atoms with Gasteiger partial charge in [0.25, 0.3) is 0 Å². The monoisotopic (exact) mass is 358 g/mol. The maximum Gasteiger partial charge on any atom is 0.223 e. The summed E-state index contributed by atoms with van der Waals surface area (Å²) in [5.74, 6) is 0.157. The highest BCUT2D eigenvalue weighted by atomic mass is 19.1. The molecule has 0 aliphatic heterocycles. The average Bonchev–Trinajstić information content (AvgIpc) is 2.63. The minimum atomic E-state index is -0.300. The molecule has 4 nitrogen and oxygen atoms in total. The fourth-order valence-electron chi connectivity index (χ4n) is 2.88. The number of amides is 1. The van der Waals surface area contributed by atoms with Gasteiger partial charge >= 0.3 is 0 Å². The van der Waals surface area contributed by atoms with Crippen LogP contribution in [0, 0.1) is 11.7 Å². The van der Waals surface area contributed by atoms with E-state index in [9.17, 15) is 9.18 Å². The highest BCUT2D eigenvalue weighted by molar-refractivity contribution is 5.78. The lowest BCUT2D eigenvalue weighted by molar-refractivity contribution is -0.124. The molecule has 5 heteroatoms. The SMILES string of the molecule is COc1ccc(C(CNC(=O)C(C)Cc2ccccc2F)N(C)C)cc1. The molecule has 0 aliphatic carbocycles. The summed E-state index contributed by atoms with van der Waals surface area (Å²) in [4.78, 5) is 14.5. The highest BCUT2D eigenvalue weighted by Crippen LogP contribution is 2.21. The van der Waals surface area contributed by atoms with Crippen molar-refractivity contribution in [3.63, 3.8) is 0 Å². The molecule has 2 atom stereocenters. The second-order valence-electron chi connectivity index (χ2n) is 6.69. The normalized spacial score (nSPS) is 13.3. The van der Waals surface area contributed by atoms with Crippen LogP contribution < -0.4 is 10.1 Å². The first-order valence-corrected chi connectivity index (χ1v) is 8.74. The number of carbonyl (C=O) groups is 1. The number of carbonyl (C=O) groups excluding carboxylic acids is 1. The van der Waals surface area contributed by atoms with Crippen LogP contribution in [-0.2, 0) is 11.2 Å². The first kappa shape index (κ1) is 19.9. The molecule has 0 aliphatic rings. The summed E-state index contributed by atoms with van der Waals surface area (Å²) < 4.78 is 19.0. The Balaban J connectivity index is 1.97. The molecule has 0 saturated heterocycles. The number of hydrogen-bond donors (Lipinski definition) is 1. The van der Waals surface area contributed by atoms with E-state index in [0.29, 0.717) is 18.5 Å². The van der Waals surface area contributed by atoms with E-state index >= 15 is 0 Å². The van der Waals surface area contributed by atoms with Gasteiger partial charge in [0.05, 0.1) is 13.2 Å². The van der Waals surface area contributed by atoms with Gasteiger partial charge in [-0.1, -0.05) is 37.3 Å². The number of hydrogen-bond acceptors (Lipinski definition) is 3. The average molecular weight is 358 g/mol. The molecule has 2 aromatic carbocycles. The predicted molar refractivity (Wildman–Crippen MR) is 102 cm³/mol. The second-order valence-corrected chi connectivity index (χ2v) is 6.69. The van der Waals surface area contributed by atoms with Gasteiger partial charge in [0, 0.05) is 12.5 Å². The van der Waals surface area contributed by atoms with Crippen LogP contribution in [0.2, 0.25) is 0 Å². The third-order valence-corrected chi connectivity index (χ3v) is 4.53. The maximum absolute atomic E-state index is 13.8. The van der Waals surface area contributed by atoms with Crippen LogP contribution in [-0.4, -0.2) is 38.6 Å². The number of nitrogens with one attached hydrogen (secondary N) is 1. The van der Waals surface area contributed by atoms with Crippen LogP contribution in [0.25, 0.3) is 0 Å². The first-order valence-electron chi connectivity index (χ1n) is 8.74. The lowest BCUT2D eigenvalue weighted by atomic mass is 9.99. The number of nitrogens with zero attached hydrogens (tertiary/aromatic N) is 1. The molecule has 0 radical (unpaired) electrons. The lowest BCUT2D eigenvalue weighted by Crippen LogP contribution is -2.37. The van der Waals surface area contributed by atoms with E-state index in [0.717, 1.165) is 11.3 Å². The van der Waals surface area contributed by atoms with E-state index in [-0.39, 0.29) is 23.7 Å². The fraction of sp³-hybridized carbons (Fsp3) is 0.381. The van der Waals surface area contributed by atoms with Crippen molar-refractivity contribution < 1.29 is 13.9 Å². The van der Waals surface area contributed by atoms with E-state index in [1.807, 2.05) is 45.3 Å². The number of ether oxygens (including phenoxy) is 1.